The lowest BCUT2D eigenvalue weighted by Gasteiger charge is -2.11. The second kappa shape index (κ2) is 31.6. The van der Waals surface area contributed by atoms with Gasteiger partial charge < -0.3 is 9.47 Å². The van der Waals surface area contributed by atoms with Crippen LogP contribution in [0.2, 0.25) is 0 Å². The van der Waals surface area contributed by atoms with Gasteiger partial charge in [-0.2, -0.15) is 0 Å². The molecule has 4 nitrogen and oxygen atoms in total. The van der Waals surface area contributed by atoms with Crippen LogP contribution in [0.15, 0.2) is 324 Å². The Bertz CT molecular complexity index is 4540. The van der Waals surface area contributed by atoms with Gasteiger partial charge >= 0.3 is 11.9 Å². The molecule has 0 unspecified atom stereocenters. The molecule has 0 fully saturated rings. The third kappa shape index (κ3) is 16.5. The molecule has 0 N–H and O–H groups in total. The Hall–Kier alpha value is -11.5. The molecule has 0 atom stereocenters. The highest BCUT2D eigenvalue weighted by molar-refractivity contribution is 6.08. The van der Waals surface area contributed by atoms with Crippen LogP contribution in [0.25, 0.3) is 101 Å². The van der Waals surface area contributed by atoms with Crippen molar-refractivity contribution in [2.45, 2.75) is 20.0 Å². The summed E-state index contributed by atoms with van der Waals surface area (Å²) in [6.07, 6.45) is 15.9. The maximum atomic E-state index is 11.5. The van der Waals surface area contributed by atoms with Crippen molar-refractivity contribution in [3.8, 4) is 5.75 Å². The number of allylic oxidation sites excluding steroid dienone is 2. The Morgan fingerprint density at radius 3 is 1.36 bits per heavy atom. The summed E-state index contributed by atoms with van der Waals surface area (Å²) in [6.45, 7) is 20.4. The molecule has 13 aromatic carbocycles. The first-order valence-electron chi connectivity index (χ1n) is 29.5. The van der Waals surface area contributed by atoms with Crippen LogP contribution in [0.5, 0.6) is 5.75 Å². The molecular formula is C85H70O4. The largest absolute Gasteiger partial charge is 0.458 e. The monoisotopic (exact) mass is 1150 g/mol. The summed E-state index contributed by atoms with van der Waals surface area (Å²) in [5.41, 5.74) is 11.3. The number of hydrogen-bond donors (Lipinski definition) is 0. The molecular weight excluding hydrogens is 1080 g/mol. The van der Waals surface area contributed by atoms with Crippen LogP contribution in [-0.2, 0) is 27.4 Å². The molecule has 13 aromatic rings. The Kier molecular flexibility index (Phi) is 22.1. The van der Waals surface area contributed by atoms with Crippen molar-refractivity contribution in [3.63, 3.8) is 0 Å². The average Bonchev–Trinajstić information content (AvgIpc) is 1.54. The summed E-state index contributed by atoms with van der Waals surface area (Å²) >= 11 is 0. The molecule has 0 radical (unpaired) electrons. The van der Waals surface area contributed by atoms with Crippen molar-refractivity contribution in [3.05, 3.63) is 369 Å². The molecule has 0 saturated heterocycles. The lowest BCUT2D eigenvalue weighted by Crippen LogP contribution is -2.04. The van der Waals surface area contributed by atoms with Crippen molar-refractivity contribution in [2.75, 3.05) is 0 Å². The lowest BCUT2D eigenvalue weighted by atomic mass is 9.97. The SMILES string of the molecule is C1=Cc2cccc3cccc1c23.C1=Cc2ccccc2C1.C=C(C)c1ccccc1.C=CC(=O)OCc1c2ccccc2cc2ccccc12.C=CC(=O)Oc1c2ccccc2cc2ccccc12.C=Cc1cccc2ccccc12.C=Cc1ccccc1. The van der Waals surface area contributed by atoms with E-state index in [4.69, 9.17) is 9.47 Å². The maximum absolute atomic E-state index is 11.5. The van der Waals surface area contributed by atoms with Gasteiger partial charge in [0.25, 0.3) is 0 Å². The molecule has 0 aromatic heterocycles. The van der Waals surface area contributed by atoms with Gasteiger partial charge in [0, 0.05) is 28.5 Å². The minimum atomic E-state index is -0.443. The van der Waals surface area contributed by atoms with E-state index in [1.807, 2.05) is 140 Å². The fourth-order valence-corrected chi connectivity index (χ4v) is 10.5. The second-order valence-electron chi connectivity index (χ2n) is 20.8. The first kappa shape index (κ1) is 62.1. The van der Waals surface area contributed by atoms with E-state index in [0.717, 1.165) is 60.6 Å². The molecule has 0 spiro atoms. The predicted molar refractivity (Wildman–Crippen MR) is 383 cm³/mol. The lowest BCUT2D eigenvalue weighted by molar-refractivity contribution is -0.138. The van der Waals surface area contributed by atoms with Crippen LogP contribution in [0, 0.1) is 0 Å². The molecule has 89 heavy (non-hydrogen) atoms. The molecule has 0 saturated carbocycles. The first-order chi connectivity index (χ1) is 43.7. The minimum Gasteiger partial charge on any atom is -0.458 e. The van der Waals surface area contributed by atoms with Crippen LogP contribution >= 0.6 is 0 Å². The predicted octanol–water partition coefficient (Wildman–Crippen LogP) is 22.4. The molecule has 0 aliphatic heterocycles. The number of carbonyl (C=O) groups is 2. The van der Waals surface area contributed by atoms with Gasteiger partial charge in [-0.15, -0.1) is 0 Å². The van der Waals surface area contributed by atoms with Crippen LogP contribution in [-0.4, -0.2) is 11.9 Å². The van der Waals surface area contributed by atoms with Crippen molar-refractivity contribution in [2.24, 2.45) is 0 Å². The zero-order valence-corrected chi connectivity index (χ0v) is 50.2. The van der Waals surface area contributed by atoms with Gasteiger partial charge in [-0.3, -0.25) is 0 Å². The quantitative estimate of drug-likeness (QED) is 0.0658. The van der Waals surface area contributed by atoms with Gasteiger partial charge in [-0.25, -0.2) is 9.59 Å². The first-order valence-corrected chi connectivity index (χ1v) is 29.5. The Labute approximate surface area is 523 Å². The van der Waals surface area contributed by atoms with Crippen LogP contribution in [0.4, 0.5) is 0 Å². The van der Waals surface area contributed by atoms with Crippen LogP contribution in [0.1, 0.15) is 51.4 Å². The Morgan fingerprint density at radius 1 is 0.416 bits per heavy atom. The summed E-state index contributed by atoms with van der Waals surface area (Å²) in [7, 11) is 0. The zero-order chi connectivity index (χ0) is 62.2. The third-order valence-electron chi connectivity index (χ3n) is 14.9. The number of hydrogen-bond acceptors (Lipinski definition) is 4. The minimum absolute atomic E-state index is 0.257. The highest BCUT2D eigenvalue weighted by Gasteiger charge is 2.12. The number of rotatable bonds is 8. The topological polar surface area (TPSA) is 52.6 Å². The molecule has 4 heteroatoms. The van der Waals surface area contributed by atoms with Gasteiger partial charge in [0.15, 0.2) is 0 Å². The molecule has 0 bridgehead atoms. The van der Waals surface area contributed by atoms with E-state index in [1.165, 1.54) is 72.6 Å². The summed E-state index contributed by atoms with van der Waals surface area (Å²) < 4.78 is 10.7. The number of carbonyl (C=O) groups excluding carboxylic acids is 2. The number of ether oxygens (including phenoxy) is 2. The smallest absolute Gasteiger partial charge is 0.335 e. The molecule has 2 aliphatic rings. The standard InChI is InChI=1S/C18H14O2.C17H12O2.C12H8.C12H10.C9H8.C9H10.C8H8/c1-2-18(19)20-12-17-15-9-5-3-7-13(15)11-14-8-4-6-10-16(14)17;1-2-16(18)19-17-14-9-5-3-7-12(14)11-13-8-4-6-10-15(13)17;1-3-9-4-2-6-11-8-7-10(5-1)12(9)11;1-2-10-7-5-8-11-6-3-4-9-12(10)11;1-2-5-9-7-3-6-8(9)4-1;1-8(2)9-6-4-3-5-7-9;1-2-8-6-4-3-5-7-8/h2-11H,1,12H2;2-11H,1H2;1-8H;2-9H,1H2;1-6H,7H2;3-7H,1H2,2H3;2-7H,1H2. The summed E-state index contributed by atoms with van der Waals surface area (Å²) in [5.74, 6) is -0.248. The Morgan fingerprint density at radius 2 is 0.854 bits per heavy atom. The molecule has 0 heterocycles. The van der Waals surface area contributed by atoms with Crippen LogP contribution in [0.3, 0.4) is 0 Å². The fraction of sp³-hybridized carbons (Fsp3) is 0.0353. The van der Waals surface area contributed by atoms with Gasteiger partial charge in [-0.05, 0) is 118 Å². The van der Waals surface area contributed by atoms with Gasteiger partial charge in [-0.1, -0.05) is 336 Å². The van der Waals surface area contributed by atoms with Gasteiger partial charge in [0.05, 0.1) is 0 Å². The summed E-state index contributed by atoms with van der Waals surface area (Å²) in [4.78, 5) is 22.8. The normalized spacial score (nSPS) is 10.8. The zero-order valence-electron chi connectivity index (χ0n) is 50.2. The number of esters is 2. The average molecular weight is 1160 g/mol. The highest BCUT2D eigenvalue weighted by Crippen LogP contribution is 2.36. The number of fused-ring (bicyclic) bond motifs is 6. The summed E-state index contributed by atoms with van der Waals surface area (Å²) in [6, 6.07) is 92.4. The van der Waals surface area contributed by atoms with E-state index in [-0.39, 0.29) is 6.61 Å². The molecule has 15 rings (SSSR count). The van der Waals surface area contributed by atoms with E-state index in [2.05, 4.69) is 209 Å². The van der Waals surface area contributed by atoms with Gasteiger partial charge in [0.1, 0.15) is 12.4 Å². The second-order valence-corrected chi connectivity index (χ2v) is 20.8. The highest BCUT2D eigenvalue weighted by atomic mass is 16.5. The van der Waals surface area contributed by atoms with E-state index < -0.39 is 11.9 Å². The third-order valence-corrected chi connectivity index (χ3v) is 14.9. The fourth-order valence-electron chi connectivity index (χ4n) is 10.5. The van der Waals surface area contributed by atoms with E-state index in [1.54, 1.807) is 0 Å². The van der Waals surface area contributed by atoms with Crippen LogP contribution < -0.4 is 4.74 Å². The van der Waals surface area contributed by atoms with E-state index >= 15 is 0 Å². The van der Waals surface area contributed by atoms with Crippen molar-refractivity contribution in [1.29, 1.82) is 0 Å². The molecule has 0 amide bonds. The van der Waals surface area contributed by atoms with E-state index in [0.29, 0.717) is 5.75 Å². The summed E-state index contributed by atoms with van der Waals surface area (Å²) in [5, 5.41) is 13.8. The maximum Gasteiger partial charge on any atom is 0.335 e. The van der Waals surface area contributed by atoms with E-state index in [9.17, 15) is 9.59 Å². The molecule has 2 aliphatic carbocycles. The Balaban J connectivity index is 0.000000127. The number of benzene rings is 13. The van der Waals surface area contributed by atoms with Gasteiger partial charge in [0.2, 0.25) is 0 Å². The van der Waals surface area contributed by atoms with Crippen molar-refractivity contribution < 1.29 is 19.1 Å². The van der Waals surface area contributed by atoms with Crippen molar-refractivity contribution >= 4 is 113 Å². The molecule has 434 valence electrons. The van der Waals surface area contributed by atoms with Crippen molar-refractivity contribution in [1.82, 2.24) is 0 Å².